The highest BCUT2D eigenvalue weighted by atomic mass is 16.5. The van der Waals surface area contributed by atoms with E-state index in [1.165, 1.54) is 0 Å². The van der Waals surface area contributed by atoms with E-state index in [-0.39, 0.29) is 23.3 Å². The molecule has 1 saturated heterocycles. The molecule has 2 rings (SSSR count). The van der Waals surface area contributed by atoms with Gasteiger partial charge >= 0.3 is 5.97 Å². The molecule has 1 aliphatic heterocycles. The first-order chi connectivity index (χ1) is 11.8. The Bertz CT molecular complexity index is 616. The molecule has 2 heterocycles. The van der Waals surface area contributed by atoms with Crippen LogP contribution < -0.4 is 0 Å². The van der Waals surface area contributed by atoms with E-state index in [1.807, 2.05) is 11.6 Å². The van der Waals surface area contributed by atoms with Crippen molar-refractivity contribution in [3.05, 3.63) is 17.5 Å². The maximum absolute atomic E-state index is 13.1. The van der Waals surface area contributed by atoms with Crippen molar-refractivity contribution < 1.29 is 14.3 Å². The van der Waals surface area contributed by atoms with Crippen LogP contribution in [0.1, 0.15) is 69.9 Å². The normalized spacial score (nSPS) is 18.3. The number of carbonyl (C=O) groups is 2. The molecule has 6 heteroatoms. The Morgan fingerprint density at radius 2 is 2.04 bits per heavy atom. The summed E-state index contributed by atoms with van der Waals surface area (Å²) >= 11 is 0. The Morgan fingerprint density at radius 1 is 1.32 bits per heavy atom. The third-order valence-electron chi connectivity index (χ3n) is 4.55. The maximum atomic E-state index is 13.1. The van der Waals surface area contributed by atoms with Crippen LogP contribution in [0.4, 0.5) is 0 Å². The summed E-state index contributed by atoms with van der Waals surface area (Å²) in [5.74, 6) is -0.433. The molecule has 0 radical (unpaired) electrons. The Balaban J connectivity index is 2.22. The van der Waals surface area contributed by atoms with Crippen LogP contribution in [0, 0.1) is 5.92 Å². The molecule has 1 unspecified atom stereocenters. The lowest BCUT2D eigenvalue weighted by Gasteiger charge is -2.31. The fraction of sp³-hybridized carbons (Fsp3) is 0.737. The molecule has 1 aromatic rings. The molecule has 0 spiro atoms. The second-order valence-corrected chi connectivity index (χ2v) is 7.68. The van der Waals surface area contributed by atoms with E-state index in [4.69, 9.17) is 4.74 Å². The summed E-state index contributed by atoms with van der Waals surface area (Å²) in [5.41, 5.74) is 1.48. The van der Waals surface area contributed by atoms with Gasteiger partial charge in [-0.15, -0.1) is 0 Å². The largest absolute Gasteiger partial charge is 0.466 e. The molecule has 1 atom stereocenters. The second kappa shape index (κ2) is 8.02. The third-order valence-corrected chi connectivity index (χ3v) is 4.55. The van der Waals surface area contributed by atoms with Crippen molar-refractivity contribution in [1.82, 2.24) is 14.7 Å². The monoisotopic (exact) mass is 349 g/mol. The van der Waals surface area contributed by atoms with Crippen LogP contribution >= 0.6 is 0 Å². The topological polar surface area (TPSA) is 64.4 Å². The molecule has 6 nitrogen and oxygen atoms in total. The van der Waals surface area contributed by atoms with Crippen molar-refractivity contribution in [1.29, 1.82) is 0 Å². The maximum Gasteiger partial charge on any atom is 0.310 e. The zero-order valence-electron chi connectivity index (χ0n) is 16.2. The molecular formula is C19H31N3O3. The van der Waals surface area contributed by atoms with Crippen LogP contribution in [0.3, 0.4) is 0 Å². The summed E-state index contributed by atoms with van der Waals surface area (Å²) in [7, 11) is 0. The number of aromatic nitrogens is 2. The fourth-order valence-corrected chi connectivity index (χ4v) is 3.39. The Morgan fingerprint density at radius 3 is 2.64 bits per heavy atom. The molecule has 1 aromatic heterocycles. The van der Waals surface area contributed by atoms with Gasteiger partial charge < -0.3 is 9.64 Å². The lowest BCUT2D eigenvalue weighted by molar-refractivity contribution is -0.149. The van der Waals surface area contributed by atoms with Gasteiger partial charge in [-0.2, -0.15) is 5.10 Å². The zero-order valence-corrected chi connectivity index (χ0v) is 16.2. The fourth-order valence-electron chi connectivity index (χ4n) is 3.39. The summed E-state index contributed by atoms with van der Waals surface area (Å²) in [6.45, 7) is 11.7. The van der Waals surface area contributed by atoms with E-state index in [9.17, 15) is 9.59 Å². The van der Waals surface area contributed by atoms with Crippen molar-refractivity contribution in [2.75, 3.05) is 19.7 Å². The number of hydrogen-bond acceptors (Lipinski definition) is 4. The van der Waals surface area contributed by atoms with E-state index < -0.39 is 0 Å². The van der Waals surface area contributed by atoms with E-state index in [1.54, 1.807) is 11.1 Å². The molecule has 0 bridgehead atoms. The Labute approximate surface area is 150 Å². The van der Waals surface area contributed by atoms with Crippen molar-refractivity contribution in [3.8, 4) is 0 Å². The van der Waals surface area contributed by atoms with E-state index in [0.29, 0.717) is 25.3 Å². The summed E-state index contributed by atoms with van der Waals surface area (Å²) in [4.78, 5) is 26.9. The average molecular weight is 349 g/mol. The minimum atomic E-state index is -0.218. The van der Waals surface area contributed by atoms with E-state index >= 15 is 0 Å². The minimum absolute atomic E-state index is 0.0204. The minimum Gasteiger partial charge on any atom is -0.466 e. The quantitative estimate of drug-likeness (QED) is 0.767. The molecule has 0 N–H and O–H groups in total. The van der Waals surface area contributed by atoms with Gasteiger partial charge in [-0.1, -0.05) is 13.3 Å². The number of ether oxygens (including phenoxy) is 1. The van der Waals surface area contributed by atoms with E-state index in [0.717, 1.165) is 31.4 Å². The van der Waals surface area contributed by atoms with Crippen molar-refractivity contribution in [3.63, 3.8) is 0 Å². The number of likely N-dealkylation sites (tertiary alicyclic amines) is 1. The average Bonchev–Trinajstić information content (AvgIpc) is 2.99. The van der Waals surface area contributed by atoms with Gasteiger partial charge in [-0.25, -0.2) is 0 Å². The first-order valence-electron chi connectivity index (χ1n) is 9.32. The number of piperidine rings is 1. The Kier molecular flexibility index (Phi) is 6.25. The highest BCUT2D eigenvalue weighted by Crippen LogP contribution is 2.24. The summed E-state index contributed by atoms with van der Waals surface area (Å²) < 4.78 is 7.09. The molecule has 140 valence electrons. The SMILES string of the molecule is CCCc1c(C(=O)N2CCCC(C(=O)OCC)C2)cnn1C(C)(C)C. The Hall–Kier alpha value is -1.85. The number of nitrogens with zero attached hydrogens (tertiary/aromatic N) is 3. The number of amides is 1. The molecule has 0 aliphatic carbocycles. The predicted octanol–water partition coefficient (Wildman–Crippen LogP) is 3.01. The van der Waals surface area contributed by atoms with Crippen molar-refractivity contribution >= 4 is 11.9 Å². The lowest BCUT2D eigenvalue weighted by atomic mass is 9.97. The van der Waals surface area contributed by atoms with Crippen LogP contribution in [0.25, 0.3) is 0 Å². The van der Waals surface area contributed by atoms with Crippen LogP contribution in [0.5, 0.6) is 0 Å². The van der Waals surface area contributed by atoms with Gasteiger partial charge in [0.1, 0.15) is 0 Å². The van der Waals surface area contributed by atoms with Crippen LogP contribution in [0.2, 0.25) is 0 Å². The standard InChI is InChI=1S/C19H31N3O3/c1-6-9-16-15(12-20-22(16)19(3,4)5)17(23)21-11-8-10-14(13-21)18(24)25-7-2/h12,14H,6-11,13H2,1-5H3. The van der Waals surface area contributed by atoms with Crippen molar-refractivity contribution in [2.45, 2.75) is 65.8 Å². The first kappa shape index (κ1) is 19.5. The van der Waals surface area contributed by atoms with Crippen LogP contribution in [0.15, 0.2) is 6.20 Å². The molecule has 1 fully saturated rings. The van der Waals surface area contributed by atoms with Gasteiger partial charge in [-0.3, -0.25) is 14.3 Å². The third kappa shape index (κ3) is 4.41. The summed E-state index contributed by atoms with van der Waals surface area (Å²) in [5, 5.41) is 4.48. The van der Waals surface area contributed by atoms with Crippen LogP contribution in [-0.4, -0.2) is 46.3 Å². The highest BCUT2D eigenvalue weighted by Gasteiger charge is 2.32. The number of rotatable bonds is 5. The smallest absolute Gasteiger partial charge is 0.310 e. The first-order valence-corrected chi connectivity index (χ1v) is 9.32. The van der Waals surface area contributed by atoms with Crippen molar-refractivity contribution in [2.24, 2.45) is 5.92 Å². The second-order valence-electron chi connectivity index (χ2n) is 7.68. The van der Waals surface area contributed by atoms with Gasteiger partial charge in [0.25, 0.3) is 5.91 Å². The summed E-state index contributed by atoms with van der Waals surface area (Å²) in [6, 6.07) is 0. The molecule has 0 aromatic carbocycles. The number of carbonyl (C=O) groups excluding carboxylic acids is 2. The van der Waals surface area contributed by atoms with Gasteiger partial charge in [0.15, 0.2) is 0 Å². The highest BCUT2D eigenvalue weighted by molar-refractivity contribution is 5.95. The van der Waals surface area contributed by atoms with Gasteiger partial charge in [0.05, 0.1) is 35.5 Å². The molecule has 25 heavy (non-hydrogen) atoms. The molecule has 1 aliphatic rings. The van der Waals surface area contributed by atoms with Crippen LogP contribution in [-0.2, 0) is 21.5 Å². The predicted molar refractivity (Wildman–Crippen MR) is 96.5 cm³/mol. The van der Waals surface area contributed by atoms with E-state index in [2.05, 4.69) is 32.8 Å². The number of hydrogen-bond donors (Lipinski definition) is 0. The molecule has 0 saturated carbocycles. The van der Waals surface area contributed by atoms with Gasteiger partial charge in [0.2, 0.25) is 0 Å². The molecular weight excluding hydrogens is 318 g/mol. The molecule has 1 amide bonds. The van der Waals surface area contributed by atoms with Gasteiger partial charge in [0, 0.05) is 13.1 Å². The number of esters is 1. The van der Waals surface area contributed by atoms with Gasteiger partial charge in [-0.05, 0) is 47.0 Å². The zero-order chi connectivity index (χ0) is 18.6. The lowest BCUT2D eigenvalue weighted by Crippen LogP contribution is -2.43. The summed E-state index contributed by atoms with van der Waals surface area (Å²) in [6.07, 6.45) is 5.06.